The maximum absolute atomic E-state index is 10.6. The van der Waals surface area contributed by atoms with E-state index in [1.54, 1.807) is 0 Å². The molecule has 0 aliphatic carbocycles. The van der Waals surface area contributed by atoms with Crippen LogP contribution >= 0.6 is 7.82 Å². The molecule has 0 aromatic carbocycles. The Balaban J connectivity index is 4.83. The Hall–Kier alpha value is -0.580. The van der Waals surface area contributed by atoms with Crippen molar-refractivity contribution in [3.8, 4) is 0 Å². The summed E-state index contributed by atoms with van der Waals surface area (Å²) in [6.45, 7) is -0.986. The van der Waals surface area contributed by atoms with E-state index in [9.17, 15) is 14.5 Å². The van der Waals surface area contributed by atoms with Gasteiger partial charge in [-0.1, -0.05) is 0 Å². The Labute approximate surface area is 94.9 Å². The van der Waals surface area contributed by atoms with Crippen LogP contribution in [0.25, 0.3) is 0 Å². The molecule has 0 radical (unpaired) electrons. The van der Waals surface area contributed by atoms with Gasteiger partial charge >= 0.3 is 13.8 Å². The van der Waals surface area contributed by atoms with Gasteiger partial charge in [-0.05, 0) is 0 Å². The van der Waals surface area contributed by atoms with Crippen LogP contribution in [-0.4, -0.2) is 72.3 Å². The fourth-order valence-electron chi connectivity index (χ4n) is 0.916. The summed E-state index contributed by atoms with van der Waals surface area (Å²) in [7, 11) is -5.20. The predicted molar refractivity (Wildman–Crippen MR) is 49.7 cm³/mol. The number of phosphoric ester groups is 1. The van der Waals surface area contributed by atoms with Crippen molar-refractivity contribution in [3.05, 3.63) is 0 Å². The Bertz CT molecular complexity index is 299. The molecule has 11 heteroatoms. The smallest absolute Gasteiger partial charge is 0.470 e. The molecule has 0 bridgehead atoms. The third-order valence-electron chi connectivity index (χ3n) is 1.74. The van der Waals surface area contributed by atoms with Gasteiger partial charge in [-0.3, -0.25) is 4.52 Å². The lowest BCUT2D eigenvalue weighted by molar-refractivity contribution is -0.162. The largest absolute Gasteiger partial charge is 0.479 e. The number of phosphoric acid groups is 1. The van der Waals surface area contributed by atoms with Gasteiger partial charge in [-0.25, -0.2) is 9.36 Å². The molecule has 10 nitrogen and oxygen atoms in total. The minimum absolute atomic E-state index is 0.986. The van der Waals surface area contributed by atoms with Crippen molar-refractivity contribution < 1.29 is 49.2 Å². The molecule has 0 aliphatic rings. The first-order valence-electron chi connectivity index (χ1n) is 4.22. The summed E-state index contributed by atoms with van der Waals surface area (Å²) in [6, 6.07) is 0. The molecule has 4 atom stereocenters. The molecule has 0 aliphatic heterocycles. The average Bonchev–Trinajstić information content (AvgIpc) is 2.21. The van der Waals surface area contributed by atoms with Crippen LogP contribution in [0.15, 0.2) is 0 Å². The molecule has 1 unspecified atom stereocenters. The minimum atomic E-state index is -5.20. The highest BCUT2D eigenvalue weighted by Crippen LogP contribution is 2.38. The zero-order chi connectivity index (χ0) is 13.8. The zero-order valence-electron chi connectivity index (χ0n) is 8.32. The predicted octanol–water partition coefficient (Wildman–Crippen LogP) is -3.38. The van der Waals surface area contributed by atoms with Crippen LogP contribution < -0.4 is 0 Å². The molecule has 0 amide bonds. The summed E-state index contributed by atoms with van der Waals surface area (Å²) in [5.74, 6) is -1.95. The second kappa shape index (κ2) is 6.38. The highest BCUT2D eigenvalue weighted by Gasteiger charge is 2.40. The van der Waals surface area contributed by atoms with Gasteiger partial charge in [-0.2, -0.15) is 0 Å². The first kappa shape index (κ1) is 16.4. The number of carboxylic acids is 1. The van der Waals surface area contributed by atoms with Crippen molar-refractivity contribution in [3.63, 3.8) is 0 Å². The van der Waals surface area contributed by atoms with Crippen LogP contribution in [0.5, 0.6) is 0 Å². The molecule has 0 saturated carbocycles. The van der Waals surface area contributed by atoms with Gasteiger partial charge in [0.25, 0.3) is 0 Å². The van der Waals surface area contributed by atoms with Crippen molar-refractivity contribution in [2.24, 2.45) is 0 Å². The third-order valence-corrected chi connectivity index (χ3v) is 2.24. The van der Waals surface area contributed by atoms with E-state index >= 15 is 0 Å². The molecule has 0 heterocycles. The maximum Gasteiger partial charge on any atom is 0.470 e. The summed E-state index contributed by atoms with van der Waals surface area (Å²) in [4.78, 5) is 27.3. The van der Waals surface area contributed by atoms with Crippen molar-refractivity contribution in [1.29, 1.82) is 0 Å². The van der Waals surface area contributed by atoms with Gasteiger partial charge in [0.05, 0.1) is 6.61 Å². The molecule has 0 rings (SSSR count). The number of hydrogen-bond donors (Lipinski definition) is 7. The van der Waals surface area contributed by atoms with Crippen molar-refractivity contribution in [2.75, 3.05) is 6.61 Å². The molecule has 0 aromatic rings. The first-order valence-corrected chi connectivity index (χ1v) is 5.75. The lowest BCUT2D eigenvalue weighted by Crippen LogP contribution is -2.49. The summed E-state index contributed by atoms with van der Waals surface area (Å²) in [6.07, 6.45) is -8.81. The number of aliphatic carboxylic acids is 1. The summed E-state index contributed by atoms with van der Waals surface area (Å²) >= 11 is 0. The molecule has 0 spiro atoms. The minimum Gasteiger partial charge on any atom is -0.479 e. The zero-order valence-corrected chi connectivity index (χ0v) is 9.21. The van der Waals surface area contributed by atoms with E-state index in [4.69, 9.17) is 30.2 Å². The normalized spacial score (nSPS) is 19.4. The molecule has 102 valence electrons. The second-order valence-corrected chi connectivity index (χ2v) is 4.28. The van der Waals surface area contributed by atoms with Crippen LogP contribution in [0.3, 0.4) is 0 Å². The Morgan fingerprint density at radius 1 is 1.18 bits per heavy atom. The van der Waals surface area contributed by atoms with E-state index in [0.29, 0.717) is 0 Å². The van der Waals surface area contributed by atoms with Gasteiger partial charge in [0, 0.05) is 0 Å². The highest BCUT2D eigenvalue weighted by atomic mass is 31.2. The van der Waals surface area contributed by atoms with Crippen molar-refractivity contribution in [2.45, 2.75) is 24.4 Å². The Morgan fingerprint density at radius 3 is 1.94 bits per heavy atom. The summed E-state index contributed by atoms with van der Waals surface area (Å²) < 4.78 is 14.2. The molecular formula is C6H13O10P. The van der Waals surface area contributed by atoms with Crippen molar-refractivity contribution in [1.82, 2.24) is 0 Å². The molecule has 0 aromatic heterocycles. The molecular weight excluding hydrogens is 263 g/mol. The number of hydrogen-bond acceptors (Lipinski definition) is 7. The van der Waals surface area contributed by atoms with E-state index in [1.807, 2.05) is 0 Å². The van der Waals surface area contributed by atoms with E-state index in [-0.39, 0.29) is 0 Å². The number of aliphatic hydroxyl groups is 4. The Morgan fingerprint density at radius 2 is 1.65 bits per heavy atom. The van der Waals surface area contributed by atoms with E-state index in [1.165, 1.54) is 0 Å². The molecule has 0 saturated heterocycles. The summed E-state index contributed by atoms with van der Waals surface area (Å²) in [5, 5.41) is 44.3. The molecule has 7 N–H and O–H groups in total. The van der Waals surface area contributed by atoms with E-state index in [2.05, 4.69) is 4.52 Å². The SMILES string of the molecule is O=C(O)C(OP(=O)(O)O)[C@@H](O)[C@H](O)[C@H](O)CO. The molecule has 0 fully saturated rings. The number of carbonyl (C=O) groups is 1. The number of aliphatic hydroxyl groups excluding tert-OH is 4. The Kier molecular flexibility index (Phi) is 6.16. The van der Waals surface area contributed by atoms with Gasteiger partial charge in [0.15, 0.2) is 6.10 Å². The van der Waals surface area contributed by atoms with Crippen LogP contribution in [-0.2, 0) is 13.9 Å². The first-order chi connectivity index (χ1) is 7.60. The standard InChI is InChI=1S/C6H13O10P/c7-1-2(8)3(9)4(10)5(6(11)12)16-17(13,14)15/h2-5,7-10H,1H2,(H,11,12)(H2,13,14,15)/t2-,3-,4+,5?/m1/s1. The highest BCUT2D eigenvalue weighted by molar-refractivity contribution is 7.46. The van der Waals surface area contributed by atoms with Crippen molar-refractivity contribution >= 4 is 13.8 Å². The fraction of sp³-hybridized carbons (Fsp3) is 0.833. The van der Waals surface area contributed by atoms with Crippen LogP contribution in [0.1, 0.15) is 0 Å². The number of rotatable bonds is 7. The van der Waals surface area contributed by atoms with Crippen LogP contribution in [0, 0.1) is 0 Å². The lowest BCUT2D eigenvalue weighted by atomic mass is 10.0. The van der Waals surface area contributed by atoms with E-state index in [0.717, 1.165) is 0 Å². The van der Waals surface area contributed by atoms with Gasteiger partial charge in [0.1, 0.15) is 18.3 Å². The topological polar surface area (TPSA) is 185 Å². The van der Waals surface area contributed by atoms with Gasteiger partial charge in [-0.15, -0.1) is 0 Å². The average molecular weight is 276 g/mol. The molecule has 17 heavy (non-hydrogen) atoms. The van der Waals surface area contributed by atoms with Gasteiger partial charge in [0.2, 0.25) is 0 Å². The lowest BCUT2D eigenvalue weighted by Gasteiger charge is -2.26. The second-order valence-electron chi connectivity index (χ2n) is 3.09. The monoisotopic (exact) mass is 276 g/mol. The van der Waals surface area contributed by atoms with Crippen LogP contribution in [0.4, 0.5) is 0 Å². The fourth-order valence-corrected chi connectivity index (χ4v) is 1.43. The van der Waals surface area contributed by atoms with E-state index < -0.39 is 44.8 Å². The maximum atomic E-state index is 10.6. The third kappa shape index (κ3) is 5.52. The quantitative estimate of drug-likeness (QED) is 0.231. The summed E-state index contributed by atoms with van der Waals surface area (Å²) in [5.41, 5.74) is 0. The number of carboxylic acid groups (broad SMARTS) is 1. The van der Waals surface area contributed by atoms with Crippen LogP contribution in [0.2, 0.25) is 0 Å². The van der Waals surface area contributed by atoms with Gasteiger partial charge < -0.3 is 35.3 Å².